The van der Waals surface area contributed by atoms with Gasteiger partial charge in [-0.25, -0.2) is 4.98 Å². The summed E-state index contributed by atoms with van der Waals surface area (Å²) in [6.07, 6.45) is 15.4. The van der Waals surface area contributed by atoms with Crippen molar-refractivity contribution in [2.75, 3.05) is 7.05 Å². The van der Waals surface area contributed by atoms with Gasteiger partial charge in [-0.15, -0.1) is 0 Å². The molecular formula is C18H29N3. The van der Waals surface area contributed by atoms with Gasteiger partial charge >= 0.3 is 0 Å². The van der Waals surface area contributed by atoms with Crippen LogP contribution in [0.3, 0.4) is 0 Å². The topological polar surface area (TPSA) is 29.9 Å². The van der Waals surface area contributed by atoms with Gasteiger partial charge in [-0.3, -0.25) is 0 Å². The minimum Gasteiger partial charge on any atom is -0.338 e. The first-order valence-electron chi connectivity index (χ1n) is 8.82. The number of hydrogen-bond donors (Lipinski definition) is 1. The van der Waals surface area contributed by atoms with E-state index in [1.807, 2.05) is 6.20 Å². The SMILES string of the molecule is CNC(CCc1nccn1C)C12CC3CC(CC(C3)C1)C2. The van der Waals surface area contributed by atoms with Gasteiger partial charge in [-0.1, -0.05) is 0 Å². The Morgan fingerprint density at radius 2 is 1.86 bits per heavy atom. The van der Waals surface area contributed by atoms with Crippen molar-refractivity contribution >= 4 is 0 Å². The number of rotatable bonds is 5. The van der Waals surface area contributed by atoms with Crippen LogP contribution in [0.25, 0.3) is 0 Å². The molecule has 1 atom stereocenters. The number of aryl methyl sites for hydroxylation is 2. The summed E-state index contributed by atoms with van der Waals surface area (Å²) in [6.45, 7) is 0. The summed E-state index contributed by atoms with van der Waals surface area (Å²) in [5.74, 6) is 4.36. The third-order valence-electron chi connectivity index (χ3n) is 6.75. The Balaban J connectivity index is 1.49. The van der Waals surface area contributed by atoms with E-state index >= 15 is 0 Å². The van der Waals surface area contributed by atoms with Crippen LogP contribution in [-0.2, 0) is 13.5 Å². The molecule has 21 heavy (non-hydrogen) atoms. The van der Waals surface area contributed by atoms with E-state index in [1.165, 1.54) is 50.8 Å². The number of nitrogens with one attached hydrogen (secondary N) is 1. The number of hydrogen-bond acceptors (Lipinski definition) is 2. The zero-order valence-electron chi connectivity index (χ0n) is 13.5. The molecule has 4 aliphatic carbocycles. The first-order valence-corrected chi connectivity index (χ1v) is 8.82. The summed E-state index contributed by atoms with van der Waals surface area (Å²) in [4.78, 5) is 4.50. The van der Waals surface area contributed by atoms with Crippen LogP contribution in [0.15, 0.2) is 12.4 Å². The number of imidazole rings is 1. The zero-order chi connectivity index (χ0) is 14.4. The van der Waals surface area contributed by atoms with E-state index < -0.39 is 0 Å². The zero-order valence-corrected chi connectivity index (χ0v) is 13.5. The summed E-state index contributed by atoms with van der Waals surface area (Å²) >= 11 is 0. The minimum absolute atomic E-state index is 0.606. The molecule has 0 amide bonds. The monoisotopic (exact) mass is 287 g/mol. The highest BCUT2D eigenvalue weighted by atomic mass is 15.0. The number of nitrogens with zero attached hydrogens (tertiary/aromatic N) is 2. The van der Waals surface area contributed by atoms with Crippen molar-refractivity contribution in [3.05, 3.63) is 18.2 Å². The molecule has 1 aromatic rings. The second-order valence-corrected chi connectivity index (χ2v) is 8.11. The fraction of sp³-hybridized carbons (Fsp3) is 0.833. The molecule has 3 nitrogen and oxygen atoms in total. The standard InChI is InChI=1S/C18H29N3/c1-19-16(3-4-17-20-5-6-21(17)2)18-10-13-7-14(11-18)9-15(8-13)12-18/h5-6,13-16,19H,3-4,7-12H2,1-2H3. The third-order valence-corrected chi connectivity index (χ3v) is 6.75. The predicted octanol–water partition coefficient (Wildman–Crippen LogP) is 3.16. The first kappa shape index (κ1) is 13.8. The summed E-state index contributed by atoms with van der Waals surface area (Å²) in [6, 6.07) is 0.683. The smallest absolute Gasteiger partial charge is 0.108 e. The molecule has 0 saturated heterocycles. The lowest BCUT2D eigenvalue weighted by Gasteiger charge is -2.59. The largest absolute Gasteiger partial charge is 0.338 e. The molecule has 116 valence electrons. The van der Waals surface area contributed by atoms with Crippen LogP contribution in [0.4, 0.5) is 0 Å². The minimum atomic E-state index is 0.606. The Morgan fingerprint density at radius 1 is 1.24 bits per heavy atom. The van der Waals surface area contributed by atoms with Crippen molar-refractivity contribution in [1.29, 1.82) is 0 Å². The van der Waals surface area contributed by atoms with Crippen LogP contribution in [0.1, 0.15) is 50.8 Å². The summed E-state index contributed by atoms with van der Waals surface area (Å²) in [7, 11) is 4.29. The lowest BCUT2D eigenvalue weighted by Crippen LogP contribution is -2.55. The summed E-state index contributed by atoms with van der Waals surface area (Å²) in [5.41, 5.74) is 0.606. The fourth-order valence-electron chi connectivity index (χ4n) is 6.27. The predicted molar refractivity (Wildman–Crippen MR) is 85.0 cm³/mol. The van der Waals surface area contributed by atoms with Crippen molar-refractivity contribution in [2.45, 2.75) is 57.4 Å². The van der Waals surface area contributed by atoms with Crippen LogP contribution >= 0.6 is 0 Å². The molecule has 1 N–H and O–H groups in total. The van der Waals surface area contributed by atoms with E-state index in [1.54, 1.807) is 0 Å². The summed E-state index contributed by atoms with van der Waals surface area (Å²) < 4.78 is 2.17. The van der Waals surface area contributed by atoms with Crippen LogP contribution in [0.2, 0.25) is 0 Å². The van der Waals surface area contributed by atoms with Crippen LogP contribution < -0.4 is 5.32 Å². The molecule has 0 spiro atoms. The maximum Gasteiger partial charge on any atom is 0.108 e. The molecular weight excluding hydrogens is 258 g/mol. The molecule has 0 aromatic carbocycles. The normalized spacial score (nSPS) is 38.9. The van der Waals surface area contributed by atoms with Crippen LogP contribution in [-0.4, -0.2) is 22.6 Å². The quantitative estimate of drug-likeness (QED) is 0.901. The average Bonchev–Trinajstić information content (AvgIpc) is 2.83. The lowest BCUT2D eigenvalue weighted by atomic mass is 9.47. The molecule has 4 aliphatic rings. The van der Waals surface area contributed by atoms with E-state index in [2.05, 4.69) is 35.2 Å². The Bertz CT molecular complexity index is 469. The van der Waals surface area contributed by atoms with Crippen molar-refractivity contribution in [2.24, 2.45) is 30.2 Å². The highest BCUT2D eigenvalue weighted by Crippen LogP contribution is 2.61. The number of aromatic nitrogens is 2. The van der Waals surface area contributed by atoms with Gasteiger partial charge in [0.15, 0.2) is 0 Å². The Morgan fingerprint density at radius 3 is 2.33 bits per heavy atom. The van der Waals surface area contributed by atoms with Crippen LogP contribution in [0.5, 0.6) is 0 Å². The molecule has 0 radical (unpaired) electrons. The van der Waals surface area contributed by atoms with Gasteiger partial charge in [0.2, 0.25) is 0 Å². The second-order valence-electron chi connectivity index (χ2n) is 8.11. The first-order chi connectivity index (χ1) is 10.2. The van der Waals surface area contributed by atoms with Gasteiger partial charge in [0.25, 0.3) is 0 Å². The van der Waals surface area contributed by atoms with E-state index in [9.17, 15) is 0 Å². The van der Waals surface area contributed by atoms with Crippen molar-refractivity contribution in [3.8, 4) is 0 Å². The van der Waals surface area contributed by atoms with Gasteiger partial charge in [-0.2, -0.15) is 0 Å². The highest BCUT2D eigenvalue weighted by molar-refractivity contribution is 5.06. The second kappa shape index (κ2) is 5.12. The van der Waals surface area contributed by atoms with Crippen LogP contribution in [0, 0.1) is 23.2 Å². The fourth-order valence-corrected chi connectivity index (χ4v) is 6.27. The Kier molecular flexibility index (Phi) is 3.36. The summed E-state index contributed by atoms with van der Waals surface area (Å²) in [5, 5.41) is 3.70. The maximum atomic E-state index is 4.50. The van der Waals surface area contributed by atoms with E-state index in [-0.39, 0.29) is 0 Å². The van der Waals surface area contributed by atoms with Gasteiger partial charge < -0.3 is 9.88 Å². The van der Waals surface area contributed by atoms with Gasteiger partial charge in [-0.05, 0) is 75.2 Å². The molecule has 4 bridgehead atoms. The highest BCUT2D eigenvalue weighted by Gasteiger charge is 2.53. The van der Waals surface area contributed by atoms with E-state index in [4.69, 9.17) is 0 Å². The van der Waals surface area contributed by atoms with Crippen molar-refractivity contribution in [1.82, 2.24) is 14.9 Å². The van der Waals surface area contributed by atoms with E-state index in [0.29, 0.717) is 11.5 Å². The Hall–Kier alpha value is -0.830. The molecule has 5 rings (SSSR count). The Labute approximate surface area is 128 Å². The molecule has 3 heteroatoms. The molecule has 1 heterocycles. The third kappa shape index (κ3) is 2.34. The maximum absolute atomic E-state index is 4.50. The van der Waals surface area contributed by atoms with Gasteiger partial charge in [0, 0.05) is 31.9 Å². The lowest BCUT2D eigenvalue weighted by molar-refractivity contribution is -0.0739. The average molecular weight is 287 g/mol. The molecule has 1 aromatic heterocycles. The molecule has 4 fully saturated rings. The van der Waals surface area contributed by atoms with Gasteiger partial charge in [0.1, 0.15) is 5.82 Å². The molecule has 4 saturated carbocycles. The van der Waals surface area contributed by atoms with Gasteiger partial charge in [0.05, 0.1) is 0 Å². The van der Waals surface area contributed by atoms with E-state index in [0.717, 1.165) is 24.2 Å². The molecule has 1 unspecified atom stereocenters. The van der Waals surface area contributed by atoms with Crippen molar-refractivity contribution in [3.63, 3.8) is 0 Å². The van der Waals surface area contributed by atoms with Crippen molar-refractivity contribution < 1.29 is 0 Å². The molecule has 0 aliphatic heterocycles.